The number of benzene rings is 3. The van der Waals surface area contributed by atoms with E-state index in [0.717, 1.165) is 29.8 Å². The van der Waals surface area contributed by atoms with Gasteiger partial charge >= 0.3 is 0 Å². The first-order valence-corrected chi connectivity index (χ1v) is 10.9. The lowest BCUT2D eigenvalue weighted by Crippen LogP contribution is -2.43. The van der Waals surface area contributed by atoms with Crippen LogP contribution in [0.4, 0.5) is 0 Å². The van der Waals surface area contributed by atoms with E-state index in [1.54, 1.807) is 0 Å². The van der Waals surface area contributed by atoms with E-state index in [0.29, 0.717) is 12.5 Å². The number of rotatable bonds is 6. The van der Waals surface area contributed by atoms with Gasteiger partial charge in [0, 0.05) is 11.6 Å². The largest absolute Gasteiger partial charge is 0.330 e. The van der Waals surface area contributed by atoms with Crippen molar-refractivity contribution in [3.05, 3.63) is 106 Å². The number of hydrogen-bond acceptors (Lipinski definition) is 2. The Morgan fingerprint density at radius 2 is 1.63 bits per heavy atom. The smallest absolute Gasteiger partial charge is 0.237 e. The molecular weight excluding hydrogens is 392 g/mol. The number of carbonyl (C=O) groups is 1. The normalized spacial score (nSPS) is 17.9. The first-order chi connectivity index (χ1) is 14.7. The van der Waals surface area contributed by atoms with Gasteiger partial charge in [-0.2, -0.15) is 0 Å². The molecule has 0 fully saturated rings. The summed E-state index contributed by atoms with van der Waals surface area (Å²) in [6.07, 6.45) is 2.97. The molecule has 1 amide bonds. The number of nitrogens with zero attached hydrogens (tertiary/aromatic N) is 1. The van der Waals surface area contributed by atoms with Crippen molar-refractivity contribution in [2.45, 2.75) is 31.8 Å². The molecule has 0 bridgehead atoms. The van der Waals surface area contributed by atoms with Gasteiger partial charge in [0.25, 0.3) is 0 Å². The van der Waals surface area contributed by atoms with Crippen LogP contribution in [-0.2, 0) is 24.2 Å². The highest BCUT2D eigenvalue weighted by Crippen LogP contribution is 2.41. The van der Waals surface area contributed by atoms with Crippen LogP contribution in [0.25, 0.3) is 0 Å². The Morgan fingerprint density at radius 1 is 0.933 bits per heavy atom. The summed E-state index contributed by atoms with van der Waals surface area (Å²) in [5.41, 5.74) is 10.8. The van der Waals surface area contributed by atoms with E-state index in [4.69, 9.17) is 17.3 Å². The monoisotopic (exact) mass is 418 g/mol. The molecule has 3 aromatic rings. The van der Waals surface area contributed by atoms with E-state index < -0.39 is 0 Å². The van der Waals surface area contributed by atoms with Crippen LogP contribution in [-0.4, -0.2) is 17.4 Å². The SMILES string of the molecule is NCC(=O)N(Cc1ccccc1)C1c2ccccc2CCC1Cc1ccc(Cl)cc1. The van der Waals surface area contributed by atoms with Gasteiger partial charge < -0.3 is 10.6 Å². The van der Waals surface area contributed by atoms with Crippen molar-refractivity contribution in [2.75, 3.05) is 6.54 Å². The van der Waals surface area contributed by atoms with Crippen LogP contribution < -0.4 is 5.73 Å². The van der Waals surface area contributed by atoms with Gasteiger partial charge in [0.15, 0.2) is 0 Å². The number of hydrogen-bond donors (Lipinski definition) is 1. The maximum atomic E-state index is 13.1. The quantitative estimate of drug-likeness (QED) is 0.600. The van der Waals surface area contributed by atoms with Gasteiger partial charge in [-0.3, -0.25) is 4.79 Å². The van der Waals surface area contributed by atoms with Crippen LogP contribution in [0.5, 0.6) is 0 Å². The lowest BCUT2D eigenvalue weighted by atomic mass is 9.76. The molecule has 30 heavy (non-hydrogen) atoms. The Morgan fingerprint density at radius 3 is 2.37 bits per heavy atom. The minimum absolute atomic E-state index is 0.00174. The average molecular weight is 419 g/mol. The molecule has 0 radical (unpaired) electrons. The van der Waals surface area contributed by atoms with Crippen molar-refractivity contribution in [1.29, 1.82) is 0 Å². The highest BCUT2D eigenvalue weighted by Gasteiger charge is 2.36. The fourth-order valence-corrected chi connectivity index (χ4v) is 4.73. The topological polar surface area (TPSA) is 46.3 Å². The summed E-state index contributed by atoms with van der Waals surface area (Å²) in [7, 11) is 0. The van der Waals surface area contributed by atoms with E-state index in [-0.39, 0.29) is 18.5 Å². The standard InChI is InChI=1S/C26H27ClN2O/c27-23-14-10-19(11-15-23)16-22-13-12-21-8-4-5-9-24(21)26(22)29(25(30)17-28)18-20-6-2-1-3-7-20/h1-11,14-15,22,26H,12-13,16-18,28H2. The lowest BCUT2D eigenvalue weighted by Gasteiger charge is -2.41. The first-order valence-electron chi connectivity index (χ1n) is 10.5. The molecule has 3 aromatic carbocycles. The summed E-state index contributed by atoms with van der Waals surface area (Å²) in [5, 5.41) is 0.744. The molecule has 154 valence electrons. The molecule has 0 heterocycles. The summed E-state index contributed by atoms with van der Waals surface area (Å²) in [6.45, 7) is 0.576. The van der Waals surface area contributed by atoms with Crippen LogP contribution in [0.3, 0.4) is 0 Å². The third-order valence-corrected chi connectivity index (χ3v) is 6.29. The first kappa shape index (κ1) is 20.6. The highest BCUT2D eigenvalue weighted by atomic mass is 35.5. The van der Waals surface area contributed by atoms with Gasteiger partial charge in [-0.1, -0.05) is 78.3 Å². The molecule has 0 aromatic heterocycles. The highest BCUT2D eigenvalue weighted by molar-refractivity contribution is 6.30. The second-order valence-corrected chi connectivity index (χ2v) is 8.42. The third-order valence-electron chi connectivity index (χ3n) is 6.04. The van der Waals surface area contributed by atoms with Crippen molar-refractivity contribution in [3.63, 3.8) is 0 Å². The van der Waals surface area contributed by atoms with Crippen molar-refractivity contribution in [2.24, 2.45) is 11.7 Å². The summed E-state index contributed by atoms with van der Waals surface area (Å²) in [4.78, 5) is 15.0. The Balaban J connectivity index is 1.72. The van der Waals surface area contributed by atoms with E-state index in [9.17, 15) is 4.79 Å². The molecule has 0 spiro atoms. The molecule has 3 nitrogen and oxygen atoms in total. The summed E-state index contributed by atoms with van der Waals surface area (Å²) < 4.78 is 0. The number of fused-ring (bicyclic) bond motifs is 1. The Bertz CT molecular complexity index is 987. The number of amides is 1. The molecule has 2 N–H and O–H groups in total. The second-order valence-electron chi connectivity index (χ2n) is 7.98. The molecule has 2 unspecified atom stereocenters. The number of carbonyl (C=O) groups excluding carboxylic acids is 1. The molecular formula is C26H27ClN2O. The van der Waals surface area contributed by atoms with Crippen molar-refractivity contribution in [1.82, 2.24) is 4.90 Å². The predicted octanol–water partition coefficient (Wildman–Crippen LogP) is 5.17. The van der Waals surface area contributed by atoms with E-state index in [2.05, 4.69) is 48.5 Å². The van der Waals surface area contributed by atoms with Gasteiger partial charge in [-0.05, 0) is 59.6 Å². The molecule has 1 aliphatic rings. The zero-order valence-corrected chi connectivity index (χ0v) is 17.8. The Labute approximate surface area is 183 Å². The summed E-state index contributed by atoms with van der Waals surface area (Å²) >= 11 is 6.08. The average Bonchev–Trinajstić information content (AvgIpc) is 2.79. The van der Waals surface area contributed by atoms with Crippen LogP contribution in [0.2, 0.25) is 5.02 Å². The van der Waals surface area contributed by atoms with Gasteiger partial charge in [0.05, 0.1) is 12.6 Å². The molecule has 4 heteroatoms. The summed E-state index contributed by atoms with van der Waals surface area (Å²) in [5.74, 6) is 0.307. The molecule has 0 saturated carbocycles. The van der Waals surface area contributed by atoms with Gasteiger partial charge in [-0.25, -0.2) is 0 Å². The predicted molar refractivity (Wildman–Crippen MR) is 122 cm³/mol. The Hall–Kier alpha value is -2.62. The van der Waals surface area contributed by atoms with Crippen molar-refractivity contribution < 1.29 is 4.79 Å². The third kappa shape index (κ3) is 4.58. The number of nitrogens with two attached hydrogens (primary N) is 1. The van der Waals surface area contributed by atoms with E-state index in [1.165, 1.54) is 16.7 Å². The second kappa shape index (κ2) is 9.46. The number of aryl methyl sites for hydroxylation is 1. The molecule has 1 aliphatic carbocycles. The maximum Gasteiger partial charge on any atom is 0.237 e. The van der Waals surface area contributed by atoms with Crippen LogP contribution in [0, 0.1) is 5.92 Å². The number of halogens is 1. The minimum atomic E-state index is -0.0123. The van der Waals surface area contributed by atoms with Crippen LogP contribution in [0.15, 0.2) is 78.9 Å². The van der Waals surface area contributed by atoms with E-state index in [1.807, 2.05) is 35.2 Å². The van der Waals surface area contributed by atoms with Gasteiger partial charge in [0.1, 0.15) is 0 Å². The van der Waals surface area contributed by atoms with E-state index >= 15 is 0 Å². The minimum Gasteiger partial charge on any atom is -0.330 e. The van der Waals surface area contributed by atoms with Crippen LogP contribution in [0.1, 0.15) is 34.7 Å². The molecule has 0 aliphatic heterocycles. The fraction of sp³-hybridized carbons (Fsp3) is 0.269. The van der Waals surface area contributed by atoms with Gasteiger partial charge in [0.2, 0.25) is 5.91 Å². The molecule has 4 rings (SSSR count). The van der Waals surface area contributed by atoms with Crippen molar-refractivity contribution in [3.8, 4) is 0 Å². The van der Waals surface area contributed by atoms with Crippen molar-refractivity contribution >= 4 is 17.5 Å². The van der Waals surface area contributed by atoms with Crippen LogP contribution >= 0.6 is 11.6 Å². The summed E-state index contributed by atoms with van der Waals surface area (Å²) in [6, 6.07) is 26.7. The molecule has 0 saturated heterocycles. The molecule has 2 atom stereocenters. The van der Waals surface area contributed by atoms with Gasteiger partial charge in [-0.15, -0.1) is 0 Å². The zero-order chi connectivity index (χ0) is 20.9. The fourth-order valence-electron chi connectivity index (χ4n) is 4.60. The zero-order valence-electron chi connectivity index (χ0n) is 17.0. The maximum absolute atomic E-state index is 13.1. The Kier molecular flexibility index (Phi) is 6.51. The lowest BCUT2D eigenvalue weighted by molar-refractivity contribution is -0.134.